The number of sulfonamides is 1. The molecule has 0 spiro atoms. The fourth-order valence-corrected chi connectivity index (χ4v) is 3.79. The molecule has 0 bridgehead atoms. The van der Waals surface area contributed by atoms with Gasteiger partial charge in [-0.05, 0) is 37.6 Å². The lowest BCUT2D eigenvalue weighted by molar-refractivity contribution is -0.125. The molecular weight excluding hydrogens is 416 g/mol. The van der Waals surface area contributed by atoms with Gasteiger partial charge in [-0.3, -0.25) is 9.59 Å². The summed E-state index contributed by atoms with van der Waals surface area (Å²) in [7, 11) is -1.75. The second kappa shape index (κ2) is 11.0. The van der Waals surface area contributed by atoms with E-state index in [2.05, 4.69) is 34.5 Å². The number of carbonyl (C=O) groups excluding carboxylic acids is 2. The number of hydrogen-bond acceptors (Lipinski definition) is 5. The molecule has 8 nitrogen and oxygen atoms in total. The minimum atomic E-state index is -3.65. The normalized spacial score (nSPS) is 11.7. The monoisotopic (exact) mass is 446 g/mol. The summed E-state index contributed by atoms with van der Waals surface area (Å²) < 4.78 is 26.3. The summed E-state index contributed by atoms with van der Waals surface area (Å²) >= 11 is 0. The minimum absolute atomic E-state index is 0.144. The Hall–Kier alpha value is -2.75. The standard InChI is InChI=1S/C22H30N4O4S/c1-22(2,23-3)19-11-9-17(10-12-19)13-24-20(27)14-25-21(28)15-26-31(29,30)16-18-7-5-4-6-8-18/h4-12,23,26H,13-16H2,1-3H3,(H,24,27)(H,25,28). The molecule has 168 valence electrons. The molecule has 31 heavy (non-hydrogen) atoms. The summed E-state index contributed by atoms with van der Waals surface area (Å²) in [5, 5.41) is 8.36. The van der Waals surface area contributed by atoms with Crippen LogP contribution in [-0.4, -0.2) is 40.4 Å². The first-order valence-corrected chi connectivity index (χ1v) is 11.6. The molecule has 0 unspecified atom stereocenters. The third-order valence-corrected chi connectivity index (χ3v) is 6.19. The lowest BCUT2D eigenvalue weighted by Gasteiger charge is -2.24. The fourth-order valence-electron chi connectivity index (χ4n) is 2.71. The van der Waals surface area contributed by atoms with E-state index in [0.29, 0.717) is 12.1 Å². The van der Waals surface area contributed by atoms with Gasteiger partial charge in [0.15, 0.2) is 0 Å². The van der Waals surface area contributed by atoms with E-state index < -0.39 is 22.5 Å². The van der Waals surface area contributed by atoms with Gasteiger partial charge in [0.25, 0.3) is 0 Å². The first-order chi connectivity index (χ1) is 14.6. The van der Waals surface area contributed by atoms with Crippen molar-refractivity contribution < 1.29 is 18.0 Å². The van der Waals surface area contributed by atoms with Crippen molar-refractivity contribution in [2.75, 3.05) is 20.1 Å². The van der Waals surface area contributed by atoms with E-state index in [4.69, 9.17) is 0 Å². The van der Waals surface area contributed by atoms with Gasteiger partial charge in [-0.25, -0.2) is 13.1 Å². The molecule has 0 aliphatic rings. The van der Waals surface area contributed by atoms with E-state index in [9.17, 15) is 18.0 Å². The molecule has 2 amide bonds. The Morgan fingerprint density at radius 3 is 2.06 bits per heavy atom. The van der Waals surface area contributed by atoms with Crippen molar-refractivity contribution in [2.45, 2.75) is 31.7 Å². The molecule has 0 aliphatic heterocycles. The molecular formula is C22H30N4O4S. The minimum Gasteiger partial charge on any atom is -0.350 e. The maximum Gasteiger partial charge on any atom is 0.239 e. The van der Waals surface area contributed by atoms with Gasteiger partial charge in [0.2, 0.25) is 21.8 Å². The molecule has 2 aromatic carbocycles. The van der Waals surface area contributed by atoms with E-state index in [1.54, 1.807) is 30.3 Å². The third-order valence-electron chi connectivity index (χ3n) is 4.89. The zero-order valence-corrected chi connectivity index (χ0v) is 18.9. The molecule has 0 atom stereocenters. The Kier molecular flexibility index (Phi) is 8.73. The van der Waals surface area contributed by atoms with Crippen LogP contribution in [0.5, 0.6) is 0 Å². The highest BCUT2D eigenvalue weighted by atomic mass is 32.2. The zero-order valence-electron chi connectivity index (χ0n) is 18.1. The molecule has 0 aliphatic carbocycles. The summed E-state index contributed by atoms with van der Waals surface area (Å²) in [4.78, 5) is 23.8. The van der Waals surface area contributed by atoms with Crippen LogP contribution < -0.4 is 20.7 Å². The van der Waals surface area contributed by atoms with E-state index in [1.807, 2.05) is 31.3 Å². The number of amides is 2. The van der Waals surface area contributed by atoms with E-state index in [-0.39, 0.29) is 23.7 Å². The second-order valence-corrected chi connectivity index (χ2v) is 9.50. The smallest absolute Gasteiger partial charge is 0.239 e. The van der Waals surface area contributed by atoms with Gasteiger partial charge < -0.3 is 16.0 Å². The fraction of sp³-hybridized carbons (Fsp3) is 0.364. The molecule has 4 N–H and O–H groups in total. The van der Waals surface area contributed by atoms with E-state index >= 15 is 0 Å². The number of nitrogens with one attached hydrogen (secondary N) is 4. The molecule has 0 saturated heterocycles. The molecule has 0 saturated carbocycles. The van der Waals surface area contributed by atoms with Crippen LogP contribution in [0.2, 0.25) is 0 Å². The van der Waals surface area contributed by atoms with Crippen molar-refractivity contribution in [3.05, 3.63) is 71.3 Å². The number of benzene rings is 2. The van der Waals surface area contributed by atoms with Gasteiger partial charge in [0.1, 0.15) is 0 Å². The molecule has 0 fully saturated rings. The predicted octanol–water partition coefficient (Wildman–Crippen LogP) is 0.993. The van der Waals surface area contributed by atoms with Crippen molar-refractivity contribution in [3.8, 4) is 0 Å². The lowest BCUT2D eigenvalue weighted by atomic mass is 9.94. The van der Waals surface area contributed by atoms with Crippen LogP contribution in [0.1, 0.15) is 30.5 Å². The van der Waals surface area contributed by atoms with Crippen LogP contribution in [-0.2, 0) is 37.4 Å². The van der Waals surface area contributed by atoms with Gasteiger partial charge in [-0.2, -0.15) is 0 Å². The van der Waals surface area contributed by atoms with Gasteiger partial charge in [-0.1, -0.05) is 54.6 Å². The van der Waals surface area contributed by atoms with Gasteiger partial charge >= 0.3 is 0 Å². The highest BCUT2D eigenvalue weighted by Gasteiger charge is 2.17. The summed E-state index contributed by atoms with van der Waals surface area (Å²) in [5.74, 6) is -1.16. The van der Waals surface area contributed by atoms with Crippen molar-refractivity contribution >= 4 is 21.8 Å². The Morgan fingerprint density at radius 2 is 1.45 bits per heavy atom. The van der Waals surface area contributed by atoms with Gasteiger partial charge in [0, 0.05) is 12.1 Å². The maximum absolute atomic E-state index is 12.0. The van der Waals surface area contributed by atoms with Crippen LogP contribution in [0.3, 0.4) is 0 Å². The Labute approximate surface area is 183 Å². The van der Waals surface area contributed by atoms with Crippen molar-refractivity contribution in [1.29, 1.82) is 0 Å². The first-order valence-electron chi connectivity index (χ1n) is 9.94. The molecule has 0 heterocycles. The van der Waals surface area contributed by atoms with Crippen LogP contribution in [0.25, 0.3) is 0 Å². The first kappa shape index (κ1) is 24.5. The Morgan fingerprint density at radius 1 is 0.839 bits per heavy atom. The molecule has 0 radical (unpaired) electrons. The summed E-state index contributed by atoms with van der Waals surface area (Å²) in [6.45, 7) is 3.83. The largest absolute Gasteiger partial charge is 0.350 e. The third kappa shape index (κ3) is 8.49. The highest BCUT2D eigenvalue weighted by Crippen LogP contribution is 2.19. The topological polar surface area (TPSA) is 116 Å². The summed E-state index contributed by atoms with van der Waals surface area (Å²) in [6, 6.07) is 16.5. The van der Waals surface area contributed by atoms with Crippen molar-refractivity contribution in [3.63, 3.8) is 0 Å². The number of carbonyl (C=O) groups is 2. The SMILES string of the molecule is CNC(C)(C)c1ccc(CNC(=O)CNC(=O)CNS(=O)(=O)Cc2ccccc2)cc1. The van der Waals surface area contributed by atoms with Crippen molar-refractivity contribution in [2.24, 2.45) is 0 Å². The van der Waals surface area contributed by atoms with Gasteiger partial charge in [-0.15, -0.1) is 0 Å². The van der Waals surface area contributed by atoms with Crippen LogP contribution >= 0.6 is 0 Å². The lowest BCUT2D eigenvalue weighted by Crippen LogP contribution is -2.42. The van der Waals surface area contributed by atoms with Crippen LogP contribution in [0.15, 0.2) is 54.6 Å². The maximum atomic E-state index is 12.0. The number of hydrogen-bond donors (Lipinski definition) is 4. The molecule has 9 heteroatoms. The van der Waals surface area contributed by atoms with Crippen molar-refractivity contribution in [1.82, 2.24) is 20.7 Å². The Balaban J connectivity index is 1.70. The summed E-state index contributed by atoms with van der Waals surface area (Å²) in [6.07, 6.45) is 0. The average Bonchev–Trinajstić information content (AvgIpc) is 2.75. The quantitative estimate of drug-likeness (QED) is 0.411. The van der Waals surface area contributed by atoms with Gasteiger partial charge in [0.05, 0.1) is 18.8 Å². The van der Waals surface area contributed by atoms with Crippen LogP contribution in [0.4, 0.5) is 0 Å². The number of rotatable bonds is 11. The highest BCUT2D eigenvalue weighted by molar-refractivity contribution is 7.88. The summed E-state index contributed by atoms with van der Waals surface area (Å²) in [5.41, 5.74) is 2.54. The molecule has 0 aromatic heterocycles. The molecule has 2 aromatic rings. The Bertz CT molecular complexity index is 974. The average molecular weight is 447 g/mol. The van der Waals surface area contributed by atoms with E-state index in [0.717, 1.165) is 11.1 Å². The second-order valence-electron chi connectivity index (χ2n) is 7.69. The molecule has 2 rings (SSSR count). The predicted molar refractivity (Wildman–Crippen MR) is 120 cm³/mol. The zero-order chi connectivity index (χ0) is 22.9. The van der Waals surface area contributed by atoms with Crippen LogP contribution in [0, 0.1) is 0 Å². The van der Waals surface area contributed by atoms with E-state index in [1.165, 1.54) is 0 Å².